The summed E-state index contributed by atoms with van der Waals surface area (Å²) in [6, 6.07) is 4.03. The van der Waals surface area contributed by atoms with Gasteiger partial charge in [-0.15, -0.1) is 12.4 Å². The van der Waals surface area contributed by atoms with Crippen LogP contribution in [0.25, 0.3) is 0 Å². The van der Waals surface area contributed by atoms with Crippen molar-refractivity contribution in [2.24, 2.45) is 7.05 Å². The number of rotatable bonds is 7. The molecule has 2 heterocycles. The second-order valence-electron chi connectivity index (χ2n) is 9.73. The number of hydrogen-bond acceptors (Lipinski definition) is 5. The van der Waals surface area contributed by atoms with Gasteiger partial charge in [0.15, 0.2) is 10.8 Å². The van der Waals surface area contributed by atoms with E-state index in [0.29, 0.717) is 30.6 Å². The Morgan fingerprint density at radius 2 is 1.72 bits per heavy atom. The lowest BCUT2D eigenvalue weighted by molar-refractivity contribution is -0.0891. The number of sulfonamides is 1. The number of imidazole rings is 1. The lowest BCUT2D eigenvalue weighted by Crippen LogP contribution is -2.59. The molecule has 1 saturated heterocycles. The number of nitrogens with zero attached hydrogens (tertiary/aromatic N) is 4. The highest BCUT2D eigenvalue weighted by molar-refractivity contribution is 7.89. The van der Waals surface area contributed by atoms with Crippen LogP contribution in [-0.2, 0) is 17.1 Å². The molecule has 1 saturated carbocycles. The smallest absolute Gasteiger partial charge is 0.262 e. The minimum Gasteiger partial charge on any atom is -0.339 e. The number of piperazine rings is 1. The van der Waals surface area contributed by atoms with Crippen molar-refractivity contribution in [3.05, 3.63) is 47.7 Å². The van der Waals surface area contributed by atoms with E-state index >= 15 is 0 Å². The number of Topliss-reactive ketones (excluding diaryl/α,β-unsaturated/α-hetero) is 1. The summed E-state index contributed by atoms with van der Waals surface area (Å²) in [5.41, 5.74) is 0.382. The first-order chi connectivity index (χ1) is 16.4. The van der Waals surface area contributed by atoms with Gasteiger partial charge in [-0.25, -0.2) is 26.6 Å². The van der Waals surface area contributed by atoms with Crippen LogP contribution >= 0.6 is 12.4 Å². The molecule has 0 radical (unpaired) electrons. The normalized spacial score (nSPS) is 20.6. The van der Waals surface area contributed by atoms with Crippen LogP contribution in [0.5, 0.6) is 0 Å². The van der Waals surface area contributed by atoms with Crippen LogP contribution in [0.4, 0.5) is 13.2 Å². The molecule has 0 amide bonds. The maximum atomic E-state index is 14.1. The number of carbonyl (C=O) groups excluding carboxylic acids is 1. The van der Waals surface area contributed by atoms with Gasteiger partial charge in [0.25, 0.3) is 10.0 Å². The summed E-state index contributed by atoms with van der Waals surface area (Å²) in [4.78, 5) is 19.0. The Bertz CT molecular complexity index is 1190. The molecule has 2 aliphatic rings. The molecule has 0 atom stereocenters. The van der Waals surface area contributed by atoms with E-state index in [1.807, 2.05) is 0 Å². The molecule has 1 aromatic heterocycles. The zero-order valence-corrected chi connectivity index (χ0v) is 22.1. The minimum atomic E-state index is -3.73. The van der Waals surface area contributed by atoms with Gasteiger partial charge in [0.2, 0.25) is 5.92 Å². The van der Waals surface area contributed by atoms with Gasteiger partial charge in [0.05, 0.1) is 6.33 Å². The first kappa shape index (κ1) is 28.6. The fraction of sp³-hybridized carbons (Fsp3) is 0.583. The van der Waals surface area contributed by atoms with Crippen LogP contribution in [0.1, 0.15) is 54.4 Å². The van der Waals surface area contributed by atoms with Gasteiger partial charge in [0.1, 0.15) is 5.82 Å². The Hall–Kier alpha value is -1.95. The van der Waals surface area contributed by atoms with Crippen LogP contribution in [0, 0.1) is 12.7 Å². The Morgan fingerprint density at radius 1 is 1.08 bits per heavy atom. The Balaban J connectivity index is 0.00000361. The summed E-state index contributed by atoms with van der Waals surface area (Å²) in [5, 5.41) is -0.0132. The number of aromatic nitrogens is 2. The lowest BCUT2D eigenvalue weighted by Gasteiger charge is -2.50. The third kappa shape index (κ3) is 5.95. The molecule has 12 heteroatoms. The van der Waals surface area contributed by atoms with Crippen LogP contribution in [-0.4, -0.2) is 70.6 Å². The summed E-state index contributed by atoms with van der Waals surface area (Å²) in [6.07, 6.45) is 3.39. The number of halogens is 4. The predicted octanol–water partition coefficient (Wildman–Crippen LogP) is 4.21. The maximum absolute atomic E-state index is 14.1. The van der Waals surface area contributed by atoms with E-state index in [-0.39, 0.29) is 68.4 Å². The summed E-state index contributed by atoms with van der Waals surface area (Å²) in [7, 11) is -2.04. The van der Waals surface area contributed by atoms with Crippen LogP contribution in [0.2, 0.25) is 0 Å². The molecule has 7 nitrogen and oxygen atoms in total. The van der Waals surface area contributed by atoms with Crippen molar-refractivity contribution in [2.75, 3.05) is 26.2 Å². The molecule has 0 N–H and O–H groups in total. The minimum absolute atomic E-state index is 0. The fourth-order valence-corrected chi connectivity index (χ4v) is 6.67. The van der Waals surface area contributed by atoms with Crippen LogP contribution in [0.15, 0.2) is 35.7 Å². The Morgan fingerprint density at radius 3 is 2.28 bits per heavy atom. The molecular formula is C24H32ClF3N4O3S. The topological polar surface area (TPSA) is 75.5 Å². The molecule has 36 heavy (non-hydrogen) atoms. The molecule has 1 aliphatic heterocycles. The van der Waals surface area contributed by atoms with Crippen molar-refractivity contribution in [1.29, 1.82) is 0 Å². The first-order valence-electron chi connectivity index (χ1n) is 11.8. The van der Waals surface area contributed by atoms with Crippen LogP contribution in [0.3, 0.4) is 0 Å². The monoisotopic (exact) mass is 548 g/mol. The number of carbonyl (C=O) groups is 1. The second kappa shape index (κ2) is 10.8. The van der Waals surface area contributed by atoms with Crippen molar-refractivity contribution in [3.8, 4) is 0 Å². The average Bonchev–Trinajstić information content (AvgIpc) is 3.26. The molecule has 1 aliphatic carbocycles. The van der Waals surface area contributed by atoms with E-state index in [4.69, 9.17) is 0 Å². The zero-order chi connectivity index (χ0) is 25.4. The van der Waals surface area contributed by atoms with Gasteiger partial charge >= 0.3 is 0 Å². The van der Waals surface area contributed by atoms with Crippen molar-refractivity contribution in [2.45, 2.75) is 61.9 Å². The average molecular weight is 549 g/mol. The van der Waals surface area contributed by atoms with E-state index in [1.54, 1.807) is 18.5 Å². The number of hydrogen-bond donors (Lipinski definition) is 0. The van der Waals surface area contributed by atoms with Crippen molar-refractivity contribution < 1.29 is 26.4 Å². The highest BCUT2D eigenvalue weighted by Crippen LogP contribution is 2.44. The highest BCUT2D eigenvalue weighted by Gasteiger charge is 2.47. The van der Waals surface area contributed by atoms with Crippen LogP contribution < -0.4 is 0 Å². The van der Waals surface area contributed by atoms with Gasteiger partial charge in [0, 0.05) is 69.8 Å². The van der Waals surface area contributed by atoms with E-state index < -0.39 is 27.3 Å². The predicted molar refractivity (Wildman–Crippen MR) is 132 cm³/mol. The third-order valence-electron chi connectivity index (χ3n) is 7.41. The molecule has 2 aromatic rings. The molecular weight excluding hydrogens is 517 g/mol. The summed E-state index contributed by atoms with van der Waals surface area (Å²) in [6.45, 7) is 2.90. The molecule has 1 aromatic carbocycles. The second-order valence-corrected chi connectivity index (χ2v) is 11.6. The van der Waals surface area contributed by atoms with Gasteiger partial charge in [-0.05, 0) is 49.9 Å². The molecule has 0 unspecified atom stereocenters. The molecule has 0 bridgehead atoms. The standard InChI is InChI=1S/C24H31F3N4O3S.ClH/c1-18-15-19(25)3-4-20(18)21(32)5-6-23(7-9-24(26,27)10-8-23)30-11-13-31(14-12-30)35(33,34)22-16-29(2)17-28-22;/h3-4,15-17H,5-14H2,1-2H3;1H. The fourth-order valence-electron chi connectivity index (χ4n) is 5.28. The van der Waals surface area contributed by atoms with Gasteiger partial charge < -0.3 is 4.57 Å². The quantitative estimate of drug-likeness (QED) is 0.485. The Kier molecular flexibility index (Phi) is 8.59. The third-order valence-corrected chi connectivity index (χ3v) is 9.20. The van der Waals surface area contributed by atoms with E-state index in [9.17, 15) is 26.4 Å². The number of aryl methyl sites for hydroxylation is 2. The SMILES string of the molecule is Cc1cc(F)ccc1C(=O)CCC1(N2CCN(S(=O)(=O)c3cn(C)cn3)CC2)CCC(F)(F)CC1.Cl. The maximum Gasteiger partial charge on any atom is 0.262 e. The van der Waals surface area contributed by atoms with Crippen molar-refractivity contribution in [1.82, 2.24) is 18.8 Å². The molecule has 2 fully saturated rings. The van der Waals surface area contributed by atoms with Gasteiger partial charge in [-0.2, -0.15) is 4.31 Å². The van der Waals surface area contributed by atoms with Gasteiger partial charge in [-0.3, -0.25) is 9.69 Å². The lowest BCUT2D eigenvalue weighted by atomic mass is 9.74. The summed E-state index contributed by atoms with van der Waals surface area (Å²) < 4.78 is 70.4. The highest BCUT2D eigenvalue weighted by atomic mass is 35.5. The first-order valence-corrected chi connectivity index (χ1v) is 13.3. The van der Waals surface area contributed by atoms with Crippen molar-refractivity contribution in [3.63, 3.8) is 0 Å². The van der Waals surface area contributed by atoms with E-state index in [0.717, 1.165) is 0 Å². The number of benzene rings is 1. The van der Waals surface area contributed by atoms with Crippen molar-refractivity contribution >= 4 is 28.2 Å². The zero-order valence-electron chi connectivity index (χ0n) is 20.4. The largest absolute Gasteiger partial charge is 0.339 e. The molecule has 200 valence electrons. The van der Waals surface area contributed by atoms with Gasteiger partial charge in [-0.1, -0.05) is 0 Å². The molecule has 4 rings (SSSR count). The van der Waals surface area contributed by atoms with E-state index in [2.05, 4.69) is 9.88 Å². The van der Waals surface area contributed by atoms with E-state index in [1.165, 1.54) is 35.0 Å². The number of alkyl halides is 2. The summed E-state index contributed by atoms with van der Waals surface area (Å²) in [5.74, 6) is -3.29. The number of ketones is 1. The summed E-state index contributed by atoms with van der Waals surface area (Å²) >= 11 is 0. The Labute approximate surface area is 216 Å². The molecule has 0 spiro atoms.